The Hall–Kier alpha value is -0.930. The van der Waals surface area contributed by atoms with E-state index in [9.17, 15) is 0 Å². The van der Waals surface area contributed by atoms with Crippen molar-refractivity contribution in [1.82, 2.24) is 15.2 Å². The van der Waals surface area contributed by atoms with E-state index < -0.39 is 0 Å². The van der Waals surface area contributed by atoms with Crippen molar-refractivity contribution >= 4 is 0 Å². The molecule has 90 valence electrons. The summed E-state index contributed by atoms with van der Waals surface area (Å²) >= 11 is 0. The fourth-order valence-corrected chi connectivity index (χ4v) is 4.17. The second kappa shape index (κ2) is 3.79. The first-order valence-corrected chi connectivity index (χ1v) is 6.81. The Balaban J connectivity index is 1.67. The van der Waals surface area contributed by atoms with Crippen molar-refractivity contribution < 1.29 is 0 Å². The molecule has 0 aromatic carbocycles. The first-order valence-electron chi connectivity index (χ1n) is 6.81. The van der Waals surface area contributed by atoms with E-state index in [1.54, 1.807) is 0 Å². The van der Waals surface area contributed by atoms with Crippen molar-refractivity contribution in [1.29, 1.82) is 0 Å². The van der Waals surface area contributed by atoms with Gasteiger partial charge in [0.15, 0.2) is 0 Å². The van der Waals surface area contributed by atoms with Gasteiger partial charge < -0.3 is 5.32 Å². The molecule has 5 rings (SSSR count). The third-order valence-electron chi connectivity index (χ3n) is 4.97. The van der Waals surface area contributed by atoms with Crippen LogP contribution in [-0.4, -0.2) is 41.6 Å². The van der Waals surface area contributed by atoms with Gasteiger partial charge >= 0.3 is 0 Å². The summed E-state index contributed by atoms with van der Waals surface area (Å²) in [6.07, 6.45) is 6.72. The van der Waals surface area contributed by atoms with Crippen molar-refractivity contribution in [2.75, 3.05) is 19.6 Å². The van der Waals surface area contributed by atoms with Crippen LogP contribution in [0.3, 0.4) is 0 Å². The van der Waals surface area contributed by atoms with E-state index in [0.29, 0.717) is 5.92 Å². The topological polar surface area (TPSA) is 28.2 Å². The van der Waals surface area contributed by atoms with Gasteiger partial charge in [0, 0.05) is 36.9 Å². The summed E-state index contributed by atoms with van der Waals surface area (Å²) in [6.45, 7) is 3.75. The third-order valence-corrected chi connectivity index (χ3v) is 4.97. The number of rotatable bonds is 1. The number of piperidine rings is 3. The zero-order valence-corrected chi connectivity index (χ0v) is 10.0. The molecule has 17 heavy (non-hydrogen) atoms. The normalized spacial score (nSPS) is 43.6. The zero-order valence-electron chi connectivity index (χ0n) is 10.0. The molecule has 0 saturated carbocycles. The van der Waals surface area contributed by atoms with Gasteiger partial charge in [-0.05, 0) is 43.5 Å². The molecule has 4 aliphatic heterocycles. The number of pyridine rings is 1. The van der Waals surface area contributed by atoms with Crippen molar-refractivity contribution in [3.05, 3.63) is 30.1 Å². The minimum Gasteiger partial charge on any atom is -0.311 e. The number of nitrogens with one attached hydrogen (secondary N) is 1. The van der Waals surface area contributed by atoms with Crippen LogP contribution in [0.15, 0.2) is 24.5 Å². The van der Waals surface area contributed by atoms with E-state index >= 15 is 0 Å². The third kappa shape index (κ3) is 1.45. The Labute approximate surface area is 102 Å². The summed E-state index contributed by atoms with van der Waals surface area (Å²) in [5.41, 5.74) is 1.42. The van der Waals surface area contributed by atoms with E-state index in [1.165, 1.54) is 31.5 Å². The zero-order chi connectivity index (χ0) is 11.2. The second-order valence-electron chi connectivity index (χ2n) is 5.69. The van der Waals surface area contributed by atoms with E-state index in [4.69, 9.17) is 0 Å². The number of hydrogen-bond donors (Lipinski definition) is 1. The molecule has 0 radical (unpaired) electrons. The molecule has 0 aliphatic carbocycles. The fourth-order valence-electron chi connectivity index (χ4n) is 4.17. The van der Waals surface area contributed by atoms with Gasteiger partial charge in [-0.3, -0.25) is 9.88 Å². The Morgan fingerprint density at radius 3 is 2.94 bits per heavy atom. The summed E-state index contributed by atoms with van der Waals surface area (Å²) in [5, 5.41) is 3.77. The smallest absolute Gasteiger partial charge is 0.0333 e. The van der Waals surface area contributed by atoms with Crippen LogP contribution in [-0.2, 0) is 0 Å². The summed E-state index contributed by atoms with van der Waals surface area (Å²) in [4.78, 5) is 6.99. The highest BCUT2D eigenvalue weighted by atomic mass is 15.3. The van der Waals surface area contributed by atoms with E-state index in [1.807, 2.05) is 6.20 Å². The summed E-state index contributed by atoms with van der Waals surface area (Å²) < 4.78 is 0. The molecule has 1 aromatic rings. The van der Waals surface area contributed by atoms with Crippen molar-refractivity contribution in [3.63, 3.8) is 0 Å². The molecule has 5 heterocycles. The van der Waals surface area contributed by atoms with E-state index in [-0.39, 0.29) is 0 Å². The van der Waals surface area contributed by atoms with E-state index in [2.05, 4.69) is 33.5 Å². The maximum absolute atomic E-state index is 4.28. The molecule has 3 nitrogen and oxygen atoms in total. The van der Waals surface area contributed by atoms with Crippen LogP contribution in [0.1, 0.15) is 24.3 Å². The Bertz CT molecular complexity index is 397. The van der Waals surface area contributed by atoms with Gasteiger partial charge in [-0.25, -0.2) is 0 Å². The monoisotopic (exact) mass is 229 g/mol. The highest BCUT2D eigenvalue weighted by molar-refractivity contribution is 5.23. The fraction of sp³-hybridized carbons (Fsp3) is 0.643. The van der Waals surface area contributed by atoms with Gasteiger partial charge in [0.1, 0.15) is 0 Å². The number of aromatic nitrogens is 1. The van der Waals surface area contributed by atoms with Crippen LogP contribution in [0.4, 0.5) is 0 Å². The molecular weight excluding hydrogens is 210 g/mol. The molecule has 3 unspecified atom stereocenters. The highest BCUT2D eigenvalue weighted by Gasteiger charge is 2.49. The van der Waals surface area contributed by atoms with Crippen molar-refractivity contribution in [2.45, 2.75) is 30.8 Å². The van der Waals surface area contributed by atoms with Crippen molar-refractivity contribution in [3.8, 4) is 0 Å². The quantitative estimate of drug-likeness (QED) is 0.785. The second-order valence-corrected chi connectivity index (χ2v) is 5.69. The highest BCUT2D eigenvalue weighted by Crippen LogP contribution is 2.41. The maximum atomic E-state index is 4.28. The van der Waals surface area contributed by atoms with Crippen LogP contribution in [0.5, 0.6) is 0 Å². The first-order chi connectivity index (χ1) is 8.43. The minimum absolute atomic E-state index is 0.650. The van der Waals surface area contributed by atoms with E-state index in [0.717, 1.165) is 24.5 Å². The van der Waals surface area contributed by atoms with Crippen LogP contribution >= 0.6 is 0 Å². The average molecular weight is 229 g/mol. The van der Waals surface area contributed by atoms with Gasteiger partial charge in [0.2, 0.25) is 0 Å². The predicted molar refractivity (Wildman–Crippen MR) is 66.9 cm³/mol. The molecule has 1 aromatic heterocycles. The molecule has 0 spiro atoms. The van der Waals surface area contributed by atoms with Crippen LogP contribution in [0.2, 0.25) is 0 Å². The molecule has 4 fully saturated rings. The Morgan fingerprint density at radius 1 is 1.29 bits per heavy atom. The molecule has 1 N–H and O–H groups in total. The van der Waals surface area contributed by atoms with Crippen LogP contribution in [0, 0.1) is 5.92 Å². The maximum Gasteiger partial charge on any atom is 0.0333 e. The lowest BCUT2D eigenvalue weighted by atomic mass is 9.76. The lowest BCUT2D eigenvalue weighted by Gasteiger charge is -2.49. The predicted octanol–water partition coefficient (Wildman–Crippen LogP) is 1.23. The molecule has 3 atom stereocenters. The van der Waals surface area contributed by atoms with Gasteiger partial charge in [-0.1, -0.05) is 6.07 Å². The molecule has 0 amide bonds. The van der Waals surface area contributed by atoms with Gasteiger partial charge in [0.25, 0.3) is 0 Å². The summed E-state index contributed by atoms with van der Waals surface area (Å²) in [7, 11) is 0. The lowest BCUT2D eigenvalue weighted by molar-refractivity contribution is 0.0294. The Morgan fingerprint density at radius 2 is 2.18 bits per heavy atom. The molecule has 4 aliphatic rings. The van der Waals surface area contributed by atoms with Crippen molar-refractivity contribution in [2.24, 2.45) is 5.92 Å². The summed E-state index contributed by atoms with van der Waals surface area (Å²) in [6, 6.07) is 5.78. The SMILES string of the molecule is c1cncc(C2CNC3C4CCN(CC4)C23)c1. The molecule has 4 saturated heterocycles. The number of fused-ring (bicyclic) bond motifs is 2. The largest absolute Gasteiger partial charge is 0.311 e. The number of hydrogen-bond acceptors (Lipinski definition) is 3. The molecular formula is C14H19N3. The van der Waals surface area contributed by atoms with Gasteiger partial charge in [-0.15, -0.1) is 0 Å². The Kier molecular flexibility index (Phi) is 2.24. The van der Waals surface area contributed by atoms with Gasteiger partial charge in [0.05, 0.1) is 0 Å². The average Bonchev–Trinajstić information content (AvgIpc) is 2.88. The molecule has 3 heteroatoms. The van der Waals surface area contributed by atoms with Crippen LogP contribution < -0.4 is 5.32 Å². The lowest BCUT2D eigenvalue weighted by Crippen LogP contribution is -2.59. The standard InChI is InChI=1S/C14H19N3/c1-2-11(8-15-5-1)12-9-16-13-10-3-6-17(7-4-10)14(12)13/h1-2,5,8,10,12-14,16H,3-4,6-7,9H2. The van der Waals surface area contributed by atoms with Gasteiger partial charge in [-0.2, -0.15) is 0 Å². The molecule has 2 bridgehead atoms. The number of nitrogens with zero attached hydrogens (tertiary/aromatic N) is 2. The first kappa shape index (κ1) is 10.0. The van der Waals surface area contributed by atoms with Crippen LogP contribution in [0.25, 0.3) is 0 Å². The summed E-state index contributed by atoms with van der Waals surface area (Å²) in [5.74, 6) is 1.57. The minimum atomic E-state index is 0.650.